The molecule has 154 valence electrons. The molecule has 0 radical (unpaired) electrons. The van der Waals surface area contributed by atoms with E-state index >= 15 is 0 Å². The summed E-state index contributed by atoms with van der Waals surface area (Å²) in [5, 5.41) is 20.2. The first kappa shape index (κ1) is 20.8. The zero-order valence-electron chi connectivity index (χ0n) is 14.5. The first-order chi connectivity index (χ1) is 13.9. The van der Waals surface area contributed by atoms with Crippen molar-refractivity contribution in [3.05, 3.63) is 74.6 Å². The van der Waals surface area contributed by atoms with Crippen molar-refractivity contribution in [3.63, 3.8) is 0 Å². The summed E-state index contributed by atoms with van der Waals surface area (Å²) in [5.74, 6) is -0.723. The SMILES string of the molecule is N#Cc1cc2ccc(OS(=O)(=O)C(F)(F)F)cc2n(-c2ccc([N+](=O)[O-])cc2)c1=O. The van der Waals surface area contributed by atoms with E-state index in [2.05, 4.69) is 4.18 Å². The van der Waals surface area contributed by atoms with Crippen molar-refractivity contribution in [2.75, 3.05) is 0 Å². The summed E-state index contributed by atoms with van der Waals surface area (Å²) in [6.45, 7) is 0. The fraction of sp³-hybridized carbons (Fsp3) is 0.0588. The molecule has 0 saturated heterocycles. The second-order valence-corrected chi connectivity index (χ2v) is 7.33. The topological polar surface area (TPSA) is 132 Å². The molecule has 0 aliphatic rings. The van der Waals surface area contributed by atoms with E-state index in [1.54, 1.807) is 6.07 Å². The Hall–Kier alpha value is -3.92. The standard InChI is InChI=1S/C17H8F3N3O6S/c18-17(19,20)30(27,28)29-14-6-1-10-7-11(9-21)16(24)22(15(10)8-14)12-2-4-13(5-3-12)23(25)26/h1-8H. The highest BCUT2D eigenvalue weighted by atomic mass is 32.2. The smallest absolute Gasteiger partial charge is 0.376 e. The Bertz CT molecular complexity index is 1370. The number of pyridine rings is 1. The molecule has 0 bridgehead atoms. The third-order valence-corrected chi connectivity index (χ3v) is 4.88. The number of hydrogen-bond donors (Lipinski definition) is 0. The normalized spacial score (nSPS) is 11.8. The molecule has 0 saturated carbocycles. The van der Waals surface area contributed by atoms with Gasteiger partial charge < -0.3 is 4.18 Å². The highest BCUT2D eigenvalue weighted by Crippen LogP contribution is 2.29. The van der Waals surface area contributed by atoms with Crippen molar-refractivity contribution in [2.45, 2.75) is 5.51 Å². The van der Waals surface area contributed by atoms with E-state index in [-0.39, 0.29) is 27.8 Å². The number of nitro groups is 1. The molecule has 0 atom stereocenters. The van der Waals surface area contributed by atoms with Crippen LogP contribution in [0.4, 0.5) is 18.9 Å². The number of alkyl halides is 3. The molecule has 9 nitrogen and oxygen atoms in total. The number of nitrogens with zero attached hydrogens (tertiary/aromatic N) is 3. The molecule has 13 heteroatoms. The van der Waals surface area contributed by atoms with Gasteiger partial charge in [-0.1, -0.05) is 0 Å². The van der Waals surface area contributed by atoms with Gasteiger partial charge >= 0.3 is 15.6 Å². The first-order valence-corrected chi connectivity index (χ1v) is 9.21. The molecular weight excluding hydrogens is 431 g/mol. The van der Waals surface area contributed by atoms with Gasteiger partial charge in [0.25, 0.3) is 11.2 Å². The van der Waals surface area contributed by atoms with Crippen molar-refractivity contribution >= 4 is 26.7 Å². The largest absolute Gasteiger partial charge is 0.534 e. The van der Waals surface area contributed by atoms with Gasteiger partial charge in [0, 0.05) is 29.3 Å². The maximum Gasteiger partial charge on any atom is 0.534 e. The van der Waals surface area contributed by atoms with Gasteiger partial charge in [0.05, 0.1) is 10.4 Å². The molecule has 0 fully saturated rings. The minimum atomic E-state index is -5.95. The van der Waals surface area contributed by atoms with E-state index in [1.807, 2.05) is 0 Å². The minimum absolute atomic E-state index is 0.0588. The third-order valence-electron chi connectivity index (χ3n) is 3.90. The van der Waals surface area contributed by atoms with Crippen LogP contribution < -0.4 is 9.74 Å². The van der Waals surface area contributed by atoms with Gasteiger partial charge in [0.1, 0.15) is 17.4 Å². The zero-order valence-corrected chi connectivity index (χ0v) is 15.3. The molecule has 3 aromatic rings. The first-order valence-electron chi connectivity index (χ1n) is 7.80. The van der Waals surface area contributed by atoms with Gasteiger partial charge in [-0.15, -0.1) is 0 Å². The van der Waals surface area contributed by atoms with E-state index < -0.39 is 31.9 Å². The quantitative estimate of drug-likeness (QED) is 0.264. The Labute approximate surface area is 165 Å². The van der Waals surface area contributed by atoms with Gasteiger partial charge in [0.2, 0.25) is 0 Å². The van der Waals surface area contributed by atoms with Gasteiger partial charge in [-0.2, -0.15) is 26.9 Å². The van der Waals surface area contributed by atoms with Gasteiger partial charge in [-0.05, 0) is 30.3 Å². The number of halogens is 3. The van der Waals surface area contributed by atoms with E-state index in [0.29, 0.717) is 0 Å². The summed E-state index contributed by atoms with van der Waals surface area (Å²) >= 11 is 0. The summed E-state index contributed by atoms with van der Waals surface area (Å²) in [7, 11) is -5.95. The Kier molecular flexibility index (Phi) is 4.96. The Morgan fingerprint density at radius 1 is 1.10 bits per heavy atom. The molecule has 1 aromatic heterocycles. The number of benzene rings is 2. The number of nitro benzene ring substituents is 1. The maximum atomic E-state index is 12.7. The monoisotopic (exact) mass is 439 g/mol. The Morgan fingerprint density at radius 3 is 2.27 bits per heavy atom. The summed E-state index contributed by atoms with van der Waals surface area (Å²) in [6, 6.07) is 10.4. The molecule has 0 amide bonds. The van der Waals surface area contributed by atoms with Crippen LogP contribution in [0.15, 0.2) is 53.3 Å². The van der Waals surface area contributed by atoms with Gasteiger partial charge in [0.15, 0.2) is 0 Å². The molecule has 3 rings (SSSR count). The van der Waals surface area contributed by atoms with Crippen LogP contribution in [0.2, 0.25) is 0 Å². The average molecular weight is 439 g/mol. The van der Waals surface area contributed by atoms with Crippen molar-refractivity contribution in [1.29, 1.82) is 5.26 Å². The molecule has 0 N–H and O–H groups in total. The van der Waals surface area contributed by atoms with Crippen molar-refractivity contribution in [1.82, 2.24) is 4.57 Å². The zero-order chi connectivity index (χ0) is 22.3. The fourth-order valence-corrected chi connectivity index (χ4v) is 3.02. The predicted molar refractivity (Wildman–Crippen MR) is 96.5 cm³/mol. The number of fused-ring (bicyclic) bond motifs is 1. The van der Waals surface area contributed by atoms with Crippen LogP contribution in [0.1, 0.15) is 5.56 Å². The van der Waals surface area contributed by atoms with Gasteiger partial charge in [-0.3, -0.25) is 19.5 Å². The molecule has 2 aromatic carbocycles. The minimum Gasteiger partial charge on any atom is -0.376 e. The molecule has 0 spiro atoms. The van der Waals surface area contributed by atoms with E-state index in [0.717, 1.165) is 28.8 Å². The van der Waals surface area contributed by atoms with Crippen LogP contribution >= 0.6 is 0 Å². The molecular formula is C17H8F3N3O6S. The lowest BCUT2D eigenvalue weighted by Gasteiger charge is -2.13. The lowest BCUT2D eigenvalue weighted by molar-refractivity contribution is -0.384. The Balaban J connectivity index is 2.26. The predicted octanol–water partition coefficient (Wildman–Crippen LogP) is 3.00. The van der Waals surface area contributed by atoms with Crippen LogP contribution in [-0.4, -0.2) is 23.4 Å². The molecule has 30 heavy (non-hydrogen) atoms. The number of aromatic nitrogens is 1. The summed E-state index contributed by atoms with van der Waals surface area (Å²) in [6.07, 6.45) is 0. The summed E-state index contributed by atoms with van der Waals surface area (Å²) in [5.41, 5.74) is -7.14. The van der Waals surface area contributed by atoms with Crippen LogP contribution in [0.25, 0.3) is 16.6 Å². The van der Waals surface area contributed by atoms with E-state index in [4.69, 9.17) is 0 Å². The highest BCUT2D eigenvalue weighted by Gasteiger charge is 2.48. The van der Waals surface area contributed by atoms with Crippen molar-refractivity contribution in [2.24, 2.45) is 0 Å². The molecule has 0 aliphatic carbocycles. The number of non-ortho nitro benzene ring substituents is 1. The van der Waals surface area contributed by atoms with E-state index in [9.17, 15) is 41.8 Å². The second kappa shape index (κ2) is 7.16. The molecule has 1 heterocycles. The lowest BCUT2D eigenvalue weighted by atomic mass is 10.1. The second-order valence-electron chi connectivity index (χ2n) is 5.79. The average Bonchev–Trinajstić information content (AvgIpc) is 2.66. The maximum absolute atomic E-state index is 12.7. The van der Waals surface area contributed by atoms with Crippen molar-refractivity contribution in [3.8, 4) is 17.5 Å². The molecule has 0 aliphatic heterocycles. The summed E-state index contributed by atoms with van der Waals surface area (Å²) < 4.78 is 65.3. The van der Waals surface area contributed by atoms with E-state index in [1.165, 1.54) is 24.3 Å². The van der Waals surface area contributed by atoms with Crippen LogP contribution in [-0.2, 0) is 10.1 Å². The third kappa shape index (κ3) is 3.67. The Morgan fingerprint density at radius 2 is 1.73 bits per heavy atom. The van der Waals surface area contributed by atoms with Crippen LogP contribution in [0, 0.1) is 21.4 Å². The summed E-state index contributed by atoms with van der Waals surface area (Å²) in [4.78, 5) is 22.8. The number of rotatable bonds is 4. The lowest BCUT2D eigenvalue weighted by Crippen LogP contribution is -2.28. The van der Waals surface area contributed by atoms with Crippen LogP contribution in [0.3, 0.4) is 0 Å². The van der Waals surface area contributed by atoms with Crippen molar-refractivity contribution < 1.29 is 30.7 Å². The molecule has 0 unspecified atom stereocenters. The number of nitriles is 1. The fourth-order valence-electron chi connectivity index (χ4n) is 2.57. The highest BCUT2D eigenvalue weighted by molar-refractivity contribution is 7.88. The number of hydrogen-bond acceptors (Lipinski definition) is 7. The van der Waals surface area contributed by atoms with Gasteiger partial charge in [-0.25, -0.2) is 0 Å². The van der Waals surface area contributed by atoms with Crippen LogP contribution in [0.5, 0.6) is 5.75 Å².